The molecule has 0 aliphatic heterocycles. The lowest BCUT2D eigenvalue weighted by Crippen LogP contribution is -2.19. The number of amides is 1. The van der Waals surface area contributed by atoms with E-state index in [0.29, 0.717) is 53.3 Å². The van der Waals surface area contributed by atoms with Crippen LogP contribution in [-0.4, -0.2) is 57.0 Å². The molecule has 0 aliphatic carbocycles. The van der Waals surface area contributed by atoms with Crippen LogP contribution in [0, 0.1) is 11.3 Å². The summed E-state index contributed by atoms with van der Waals surface area (Å²) in [6, 6.07) is 14.3. The molecule has 0 saturated heterocycles. The van der Waals surface area contributed by atoms with Crippen molar-refractivity contribution in [2.24, 2.45) is 0 Å². The lowest BCUT2D eigenvalue weighted by atomic mass is 10.1. The van der Waals surface area contributed by atoms with Gasteiger partial charge in [-0.25, -0.2) is 9.97 Å². The number of hydrogen-bond donors (Lipinski definition) is 2. The molecule has 2 N–H and O–H groups in total. The zero-order chi connectivity index (χ0) is 24.3. The molecule has 10 heteroatoms. The number of carbonyl (C=O) groups excluding carboxylic acids is 1. The van der Waals surface area contributed by atoms with Crippen LogP contribution in [0.1, 0.15) is 5.56 Å². The molecular formula is C24H25N5O5. The maximum atomic E-state index is 12.1. The number of nitrogens with zero attached hydrogens (tertiary/aromatic N) is 3. The molecule has 1 aromatic heterocycles. The van der Waals surface area contributed by atoms with E-state index in [1.165, 1.54) is 14.2 Å². The number of nitriles is 1. The molecule has 0 atom stereocenters. The Morgan fingerprint density at radius 2 is 1.85 bits per heavy atom. The van der Waals surface area contributed by atoms with Gasteiger partial charge < -0.3 is 29.6 Å². The second-order valence-corrected chi connectivity index (χ2v) is 6.96. The van der Waals surface area contributed by atoms with Crippen molar-refractivity contribution in [2.75, 3.05) is 51.8 Å². The van der Waals surface area contributed by atoms with Crippen LogP contribution in [0.3, 0.4) is 0 Å². The van der Waals surface area contributed by atoms with Gasteiger partial charge in [-0.05, 0) is 30.3 Å². The van der Waals surface area contributed by atoms with Gasteiger partial charge in [-0.15, -0.1) is 0 Å². The molecule has 34 heavy (non-hydrogen) atoms. The van der Waals surface area contributed by atoms with E-state index in [1.807, 2.05) is 6.07 Å². The van der Waals surface area contributed by atoms with Gasteiger partial charge in [-0.2, -0.15) is 5.26 Å². The minimum atomic E-state index is -0.304. The minimum absolute atomic E-state index is 0.0962. The summed E-state index contributed by atoms with van der Waals surface area (Å²) < 4.78 is 20.7. The van der Waals surface area contributed by atoms with Gasteiger partial charge in [0.2, 0.25) is 11.9 Å². The maximum Gasteiger partial charge on any atom is 0.250 e. The van der Waals surface area contributed by atoms with Crippen molar-refractivity contribution in [1.29, 1.82) is 5.26 Å². The van der Waals surface area contributed by atoms with Gasteiger partial charge in [0, 0.05) is 42.4 Å². The van der Waals surface area contributed by atoms with E-state index < -0.39 is 0 Å². The van der Waals surface area contributed by atoms with Crippen LogP contribution in [0.4, 0.5) is 17.3 Å². The average molecular weight is 463 g/mol. The number of rotatable bonds is 11. The smallest absolute Gasteiger partial charge is 0.250 e. The van der Waals surface area contributed by atoms with Crippen LogP contribution in [-0.2, 0) is 14.3 Å². The van der Waals surface area contributed by atoms with E-state index in [2.05, 4.69) is 26.7 Å². The summed E-state index contributed by atoms with van der Waals surface area (Å²) in [7, 11) is 4.61. The molecule has 0 saturated carbocycles. The summed E-state index contributed by atoms with van der Waals surface area (Å²) in [5.74, 6) is 1.06. The fourth-order valence-electron chi connectivity index (χ4n) is 3.03. The molecule has 1 heterocycles. The topological polar surface area (TPSA) is 128 Å². The van der Waals surface area contributed by atoms with Crippen LogP contribution >= 0.6 is 0 Å². The van der Waals surface area contributed by atoms with Crippen LogP contribution in [0.2, 0.25) is 0 Å². The first-order chi connectivity index (χ1) is 16.6. The third kappa shape index (κ3) is 6.65. The highest BCUT2D eigenvalue weighted by Gasteiger charge is 2.10. The molecule has 176 valence electrons. The zero-order valence-corrected chi connectivity index (χ0v) is 19.1. The highest BCUT2D eigenvalue weighted by Crippen LogP contribution is 2.28. The highest BCUT2D eigenvalue weighted by atomic mass is 16.5. The molecule has 0 radical (unpaired) electrons. The lowest BCUT2D eigenvalue weighted by Gasteiger charge is -2.12. The van der Waals surface area contributed by atoms with Gasteiger partial charge >= 0.3 is 0 Å². The molecule has 3 aromatic rings. The summed E-state index contributed by atoms with van der Waals surface area (Å²) in [5.41, 5.74) is 2.91. The molecule has 0 fully saturated rings. The fraction of sp³-hybridized carbons (Fsp3) is 0.250. The molecule has 0 bridgehead atoms. The molecular weight excluding hydrogens is 438 g/mol. The number of ether oxygens (including phenoxy) is 4. The number of carbonyl (C=O) groups is 1. The highest BCUT2D eigenvalue weighted by molar-refractivity contribution is 5.92. The monoisotopic (exact) mass is 463 g/mol. The van der Waals surface area contributed by atoms with E-state index in [-0.39, 0.29) is 12.5 Å². The Balaban J connectivity index is 1.77. The number of aromatic nitrogens is 2. The van der Waals surface area contributed by atoms with E-state index in [0.717, 1.165) is 5.56 Å². The minimum Gasteiger partial charge on any atom is -0.497 e. The second kappa shape index (κ2) is 12.2. The van der Waals surface area contributed by atoms with E-state index in [1.54, 1.807) is 49.7 Å². The Kier molecular flexibility index (Phi) is 8.73. The number of anilines is 3. The zero-order valence-electron chi connectivity index (χ0n) is 19.1. The quantitative estimate of drug-likeness (QED) is 0.411. The Morgan fingerprint density at radius 1 is 1.03 bits per heavy atom. The molecule has 0 unspecified atom stereocenters. The standard InChI is InChI=1S/C24H25N5O5/c1-31-8-9-34-15-23(30)27-18-11-19(13-20(12-18)32-2)28-24-26-7-6-21(29-24)16-4-5-22(33-3)17(10-16)14-25/h4-7,10-13H,8-9,15H2,1-3H3,(H,27,30)(H,26,28,29). The lowest BCUT2D eigenvalue weighted by molar-refractivity contribution is -0.121. The molecule has 2 aromatic carbocycles. The average Bonchev–Trinajstić information content (AvgIpc) is 2.86. The van der Waals surface area contributed by atoms with Crippen LogP contribution < -0.4 is 20.1 Å². The van der Waals surface area contributed by atoms with Gasteiger partial charge in [0.1, 0.15) is 24.2 Å². The summed E-state index contributed by atoms with van der Waals surface area (Å²) in [5, 5.41) is 15.2. The Labute approximate surface area is 197 Å². The van der Waals surface area contributed by atoms with Crippen molar-refractivity contribution < 1.29 is 23.7 Å². The van der Waals surface area contributed by atoms with Gasteiger partial charge in [0.15, 0.2) is 0 Å². The predicted molar refractivity (Wildman–Crippen MR) is 126 cm³/mol. The van der Waals surface area contributed by atoms with Crippen LogP contribution in [0.5, 0.6) is 11.5 Å². The summed E-state index contributed by atoms with van der Waals surface area (Å²) >= 11 is 0. The van der Waals surface area contributed by atoms with Crippen molar-refractivity contribution in [3.05, 3.63) is 54.2 Å². The SMILES string of the molecule is COCCOCC(=O)Nc1cc(Nc2nccc(-c3ccc(OC)c(C#N)c3)n2)cc(OC)c1. The Morgan fingerprint density at radius 3 is 2.59 bits per heavy atom. The van der Waals surface area contributed by atoms with Crippen molar-refractivity contribution in [3.63, 3.8) is 0 Å². The summed E-state index contributed by atoms with van der Waals surface area (Å²) in [6.07, 6.45) is 1.61. The number of benzene rings is 2. The van der Waals surface area contributed by atoms with Crippen molar-refractivity contribution in [3.8, 4) is 28.8 Å². The third-order valence-corrected chi connectivity index (χ3v) is 4.62. The Hall–Kier alpha value is -4.20. The first kappa shape index (κ1) is 24.4. The van der Waals surface area contributed by atoms with Gasteiger partial charge in [0.25, 0.3) is 0 Å². The maximum absolute atomic E-state index is 12.1. The Bertz CT molecular complexity index is 1180. The fourth-order valence-corrected chi connectivity index (χ4v) is 3.03. The van der Waals surface area contributed by atoms with E-state index in [9.17, 15) is 10.1 Å². The molecule has 0 spiro atoms. The molecule has 3 rings (SSSR count). The summed E-state index contributed by atoms with van der Waals surface area (Å²) in [4.78, 5) is 21.0. The van der Waals surface area contributed by atoms with Crippen molar-refractivity contribution in [1.82, 2.24) is 9.97 Å². The first-order valence-corrected chi connectivity index (χ1v) is 10.3. The van der Waals surface area contributed by atoms with Gasteiger partial charge in [0.05, 0.1) is 38.7 Å². The van der Waals surface area contributed by atoms with E-state index in [4.69, 9.17) is 18.9 Å². The number of nitrogens with one attached hydrogen (secondary N) is 2. The second-order valence-electron chi connectivity index (χ2n) is 6.96. The molecule has 1 amide bonds. The normalized spacial score (nSPS) is 10.3. The third-order valence-electron chi connectivity index (χ3n) is 4.62. The molecule has 0 aliphatic rings. The van der Waals surface area contributed by atoms with Crippen LogP contribution in [0.25, 0.3) is 11.3 Å². The van der Waals surface area contributed by atoms with Crippen molar-refractivity contribution in [2.45, 2.75) is 0 Å². The van der Waals surface area contributed by atoms with E-state index >= 15 is 0 Å². The van der Waals surface area contributed by atoms with Gasteiger partial charge in [-0.3, -0.25) is 4.79 Å². The first-order valence-electron chi connectivity index (χ1n) is 10.3. The van der Waals surface area contributed by atoms with Crippen LogP contribution in [0.15, 0.2) is 48.7 Å². The molecule has 10 nitrogen and oxygen atoms in total. The number of hydrogen-bond acceptors (Lipinski definition) is 9. The number of methoxy groups -OCH3 is 3. The predicted octanol–water partition coefficient (Wildman–Crippen LogP) is 3.38. The van der Waals surface area contributed by atoms with Crippen molar-refractivity contribution >= 4 is 23.2 Å². The summed E-state index contributed by atoms with van der Waals surface area (Å²) in [6.45, 7) is 0.640. The largest absolute Gasteiger partial charge is 0.497 e. The van der Waals surface area contributed by atoms with Gasteiger partial charge in [-0.1, -0.05) is 0 Å².